The minimum atomic E-state index is -0.0897. The number of nitrogens with zero attached hydrogens (tertiary/aromatic N) is 2. The summed E-state index contributed by atoms with van der Waals surface area (Å²) in [5.41, 5.74) is 0.549. The molecular weight excluding hydrogens is 168 g/mol. The van der Waals surface area contributed by atoms with E-state index in [0.29, 0.717) is 17.5 Å². The molecule has 4 heteroatoms. The van der Waals surface area contributed by atoms with Crippen LogP contribution < -0.4 is 4.74 Å². The molecule has 0 unspecified atom stereocenters. The van der Waals surface area contributed by atoms with Crippen molar-refractivity contribution < 1.29 is 9.84 Å². The van der Waals surface area contributed by atoms with Gasteiger partial charge in [0.2, 0.25) is 5.88 Å². The van der Waals surface area contributed by atoms with Crippen molar-refractivity contribution in [3.05, 3.63) is 18.1 Å². The highest BCUT2D eigenvalue weighted by molar-refractivity contribution is 5.07. The molecule has 0 aliphatic heterocycles. The van der Waals surface area contributed by atoms with Crippen LogP contribution in [0.25, 0.3) is 0 Å². The lowest BCUT2D eigenvalue weighted by molar-refractivity contribution is 0.263. The first kappa shape index (κ1) is 8.44. The summed E-state index contributed by atoms with van der Waals surface area (Å²) in [6.45, 7) is 0.636. The molecule has 1 saturated carbocycles. The number of aliphatic hydroxyl groups excluding tert-OH is 1. The van der Waals surface area contributed by atoms with Gasteiger partial charge in [0.1, 0.15) is 0 Å². The molecule has 0 radical (unpaired) electrons. The Morgan fingerprint density at radius 1 is 1.46 bits per heavy atom. The van der Waals surface area contributed by atoms with Crippen LogP contribution >= 0.6 is 0 Å². The minimum absolute atomic E-state index is 0.0897. The van der Waals surface area contributed by atoms with Crippen molar-refractivity contribution >= 4 is 0 Å². The van der Waals surface area contributed by atoms with Gasteiger partial charge in [0.05, 0.1) is 31.3 Å². The van der Waals surface area contributed by atoms with Gasteiger partial charge in [0, 0.05) is 0 Å². The lowest BCUT2D eigenvalue weighted by Crippen LogP contribution is -2.02. The van der Waals surface area contributed by atoms with Crippen LogP contribution in [-0.4, -0.2) is 21.7 Å². The molecule has 70 valence electrons. The van der Waals surface area contributed by atoms with Gasteiger partial charge in [-0.15, -0.1) is 0 Å². The largest absolute Gasteiger partial charge is 0.476 e. The summed E-state index contributed by atoms with van der Waals surface area (Å²) in [5, 5.41) is 8.79. The maximum atomic E-state index is 8.79. The predicted molar refractivity (Wildman–Crippen MR) is 46.2 cm³/mol. The van der Waals surface area contributed by atoms with Crippen LogP contribution in [0.3, 0.4) is 0 Å². The maximum absolute atomic E-state index is 8.79. The maximum Gasteiger partial charge on any atom is 0.232 e. The van der Waals surface area contributed by atoms with E-state index in [1.54, 1.807) is 6.20 Å². The van der Waals surface area contributed by atoms with E-state index in [-0.39, 0.29) is 6.61 Å². The Kier molecular flexibility index (Phi) is 2.40. The van der Waals surface area contributed by atoms with Crippen LogP contribution in [-0.2, 0) is 6.61 Å². The molecule has 0 atom stereocenters. The molecule has 1 N–H and O–H groups in total. The summed E-state index contributed by atoms with van der Waals surface area (Å²) in [7, 11) is 0. The first-order valence-electron chi connectivity index (χ1n) is 4.43. The fourth-order valence-corrected chi connectivity index (χ4v) is 1.02. The standard InChI is InChI=1S/C9H12N2O2/c12-5-8-3-10-4-9(11-8)13-6-7-1-2-7/h3-4,7,12H,1-2,5-6H2. The summed E-state index contributed by atoms with van der Waals surface area (Å²) < 4.78 is 5.39. The summed E-state index contributed by atoms with van der Waals surface area (Å²) in [4.78, 5) is 7.96. The smallest absolute Gasteiger partial charge is 0.232 e. The number of hydrogen-bond acceptors (Lipinski definition) is 4. The second-order valence-electron chi connectivity index (χ2n) is 3.26. The van der Waals surface area contributed by atoms with Crippen molar-refractivity contribution in [1.82, 2.24) is 9.97 Å². The van der Waals surface area contributed by atoms with Gasteiger partial charge < -0.3 is 9.84 Å². The lowest BCUT2D eigenvalue weighted by Gasteiger charge is -2.03. The second kappa shape index (κ2) is 3.70. The van der Waals surface area contributed by atoms with E-state index in [1.807, 2.05) is 0 Å². The Morgan fingerprint density at radius 2 is 2.31 bits per heavy atom. The zero-order valence-corrected chi connectivity index (χ0v) is 7.31. The van der Waals surface area contributed by atoms with Crippen LogP contribution in [0.15, 0.2) is 12.4 Å². The minimum Gasteiger partial charge on any atom is -0.476 e. The zero-order valence-electron chi connectivity index (χ0n) is 7.31. The lowest BCUT2D eigenvalue weighted by atomic mass is 10.4. The van der Waals surface area contributed by atoms with Gasteiger partial charge in [0.15, 0.2) is 0 Å². The van der Waals surface area contributed by atoms with E-state index < -0.39 is 0 Å². The molecule has 0 spiro atoms. The van der Waals surface area contributed by atoms with E-state index in [1.165, 1.54) is 19.0 Å². The first-order chi connectivity index (χ1) is 6.38. The van der Waals surface area contributed by atoms with Gasteiger partial charge in [-0.25, -0.2) is 4.98 Å². The number of aliphatic hydroxyl groups is 1. The van der Waals surface area contributed by atoms with Gasteiger partial charge in [-0.05, 0) is 18.8 Å². The highest BCUT2D eigenvalue weighted by Gasteiger charge is 2.22. The third-order valence-electron chi connectivity index (χ3n) is 1.99. The predicted octanol–water partition coefficient (Wildman–Crippen LogP) is 0.758. The molecule has 0 saturated heterocycles. The first-order valence-corrected chi connectivity index (χ1v) is 4.43. The Labute approximate surface area is 76.6 Å². The number of hydrogen-bond donors (Lipinski definition) is 1. The van der Waals surface area contributed by atoms with Crippen molar-refractivity contribution in [2.75, 3.05) is 6.61 Å². The molecule has 0 aromatic carbocycles. The normalized spacial score (nSPS) is 15.8. The van der Waals surface area contributed by atoms with Gasteiger partial charge in [-0.3, -0.25) is 4.98 Å². The van der Waals surface area contributed by atoms with Crippen LogP contribution in [0.2, 0.25) is 0 Å². The van der Waals surface area contributed by atoms with Crippen LogP contribution in [0, 0.1) is 5.92 Å². The monoisotopic (exact) mass is 180 g/mol. The van der Waals surface area contributed by atoms with E-state index in [4.69, 9.17) is 9.84 Å². The highest BCUT2D eigenvalue weighted by atomic mass is 16.5. The second-order valence-corrected chi connectivity index (χ2v) is 3.26. The number of ether oxygens (including phenoxy) is 1. The average molecular weight is 180 g/mol. The fourth-order valence-electron chi connectivity index (χ4n) is 1.02. The van der Waals surface area contributed by atoms with E-state index in [0.717, 1.165) is 6.61 Å². The Balaban J connectivity index is 1.93. The molecule has 13 heavy (non-hydrogen) atoms. The Hall–Kier alpha value is -1.16. The molecule has 1 fully saturated rings. The van der Waals surface area contributed by atoms with Gasteiger partial charge >= 0.3 is 0 Å². The van der Waals surface area contributed by atoms with Crippen LogP contribution in [0.5, 0.6) is 5.88 Å². The van der Waals surface area contributed by atoms with E-state index >= 15 is 0 Å². The fraction of sp³-hybridized carbons (Fsp3) is 0.556. The van der Waals surface area contributed by atoms with Gasteiger partial charge in [0.25, 0.3) is 0 Å². The third kappa shape index (κ3) is 2.39. The van der Waals surface area contributed by atoms with Crippen molar-refractivity contribution in [2.24, 2.45) is 5.92 Å². The topological polar surface area (TPSA) is 55.2 Å². The van der Waals surface area contributed by atoms with Crippen LogP contribution in [0.1, 0.15) is 18.5 Å². The molecule has 4 nitrogen and oxygen atoms in total. The molecule has 0 amide bonds. The summed E-state index contributed by atoms with van der Waals surface area (Å²) in [5.74, 6) is 1.22. The van der Waals surface area contributed by atoms with Crippen molar-refractivity contribution in [3.63, 3.8) is 0 Å². The molecule has 1 aromatic heterocycles. The van der Waals surface area contributed by atoms with Crippen molar-refractivity contribution in [2.45, 2.75) is 19.4 Å². The summed E-state index contributed by atoms with van der Waals surface area (Å²) >= 11 is 0. The third-order valence-corrected chi connectivity index (χ3v) is 1.99. The quantitative estimate of drug-likeness (QED) is 0.743. The molecule has 1 aromatic rings. The molecule has 1 heterocycles. The Bertz CT molecular complexity index is 287. The Morgan fingerprint density at radius 3 is 3.00 bits per heavy atom. The average Bonchev–Trinajstić information content (AvgIpc) is 2.99. The molecular formula is C9H12N2O2. The zero-order chi connectivity index (χ0) is 9.10. The van der Waals surface area contributed by atoms with Crippen LogP contribution in [0.4, 0.5) is 0 Å². The van der Waals surface area contributed by atoms with E-state index in [9.17, 15) is 0 Å². The highest BCUT2D eigenvalue weighted by Crippen LogP contribution is 2.29. The molecule has 1 aliphatic carbocycles. The summed E-state index contributed by atoms with van der Waals surface area (Å²) in [6.07, 6.45) is 5.62. The molecule has 2 rings (SSSR count). The van der Waals surface area contributed by atoms with Crippen molar-refractivity contribution in [3.8, 4) is 5.88 Å². The molecule has 1 aliphatic rings. The number of rotatable bonds is 4. The molecule has 0 bridgehead atoms. The van der Waals surface area contributed by atoms with Crippen molar-refractivity contribution in [1.29, 1.82) is 0 Å². The SMILES string of the molecule is OCc1cncc(OCC2CC2)n1. The number of aromatic nitrogens is 2. The summed E-state index contributed by atoms with van der Waals surface area (Å²) in [6, 6.07) is 0. The van der Waals surface area contributed by atoms with E-state index in [2.05, 4.69) is 9.97 Å². The van der Waals surface area contributed by atoms with Gasteiger partial charge in [-0.2, -0.15) is 0 Å². The van der Waals surface area contributed by atoms with Gasteiger partial charge in [-0.1, -0.05) is 0 Å².